The molecule has 3 aliphatic rings. The Morgan fingerprint density at radius 2 is 1.86 bits per heavy atom. The fourth-order valence-electron chi connectivity index (χ4n) is 5.40. The Balaban J connectivity index is 1.61. The smallest absolute Gasteiger partial charge is 0.258 e. The molecule has 4 heteroatoms. The van der Waals surface area contributed by atoms with Crippen molar-refractivity contribution in [2.24, 2.45) is 11.8 Å². The molecule has 0 aromatic heterocycles. The first kappa shape index (κ1) is 19.9. The van der Waals surface area contributed by atoms with Crippen LogP contribution in [0.3, 0.4) is 0 Å². The standard InChI is InChI=1S/C24H31BrN2O/c1-3-12-26(13-4-2)19-14-18-16-27(24(28)17-8-6-5-7-9-17)22-11-10-21(25)20(15-19)23(18)22/h5-11,18-21H,3-4,12-16H2,1-2H3. The number of hydrogen-bond donors (Lipinski definition) is 0. The van der Waals surface area contributed by atoms with Crippen molar-refractivity contribution in [3.05, 3.63) is 59.3 Å². The number of halogens is 1. The molecule has 1 saturated carbocycles. The first-order valence-electron chi connectivity index (χ1n) is 10.8. The van der Waals surface area contributed by atoms with Gasteiger partial charge in [-0.1, -0.05) is 54.1 Å². The minimum atomic E-state index is 0.143. The zero-order chi connectivity index (χ0) is 19.7. The SMILES string of the molecule is CCCN(CCC)C1CC2CN(C(=O)c3ccccc3)C3=C2C(C1)C(Br)C=C3. The number of nitrogens with zero attached hydrogens (tertiary/aromatic N) is 2. The number of allylic oxidation sites excluding steroid dienone is 2. The number of amides is 1. The summed E-state index contributed by atoms with van der Waals surface area (Å²) >= 11 is 3.93. The van der Waals surface area contributed by atoms with Crippen molar-refractivity contribution in [3.8, 4) is 0 Å². The van der Waals surface area contributed by atoms with Crippen molar-refractivity contribution in [2.75, 3.05) is 19.6 Å². The Morgan fingerprint density at radius 1 is 1.14 bits per heavy atom. The maximum absolute atomic E-state index is 13.2. The quantitative estimate of drug-likeness (QED) is 0.561. The lowest BCUT2D eigenvalue weighted by Crippen LogP contribution is -2.44. The summed E-state index contributed by atoms with van der Waals surface area (Å²) in [6.07, 6.45) is 9.22. The molecule has 2 aliphatic carbocycles. The zero-order valence-electron chi connectivity index (χ0n) is 17.0. The number of hydrogen-bond acceptors (Lipinski definition) is 2. The van der Waals surface area contributed by atoms with Crippen molar-refractivity contribution in [3.63, 3.8) is 0 Å². The van der Waals surface area contributed by atoms with Gasteiger partial charge < -0.3 is 9.80 Å². The van der Waals surface area contributed by atoms with Crippen LogP contribution in [0.1, 0.15) is 49.9 Å². The average molecular weight is 443 g/mol. The van der Waals surface area contributed by atoms with E-state index in [9.17, 15) is 4.79 Å². The van der Waals surface area contributed by atoms with Crippen LogP contribution >= 0.6 is 15.9 Å². The molecule has 0 saturated heterocycles. The van der Waals surface area contributed by atoms with E-state index in [2.05, 4.69) is 46.8 Å². The summed E-state index contributed by atoms with van der Waals surface area (Å²) in [5.74, 6) is 1.14. The van der Waals surface area contributed by atoms with E-state index < -0.39 is 0 Å². The zero-order valence-corrected chi connectivity index (χ0v) is 18.6. The fraction of sp³-hybridized carbons (Fsp3) is 0.542. The molecule has 0 N–H and O–H groups in total. The predicted molar refractivity (Wildman–Crippen MR) is 119 cm³/mol. The van der Waals surface area contributed by atoms with E-state index in [1.807, 2.05) is 35.2 Å². The number of carbonyl (C=O) groups is 1. The molecule has 1 aromatic carbocycles. The van der Waals surface area contributed by atoms with E-state index in [0.29, 0.717) is 22.7 Å². The van der Waals surface area contributed by atoms with Crippen LogP contribution in [0.5, 0.6) is 0 Å². The molecule has 0 radical (unpaired) electrons. The summed E-state index contributed by atoms with van der Waals surface area (Å²) in [7, 11) is 0. The summed E-state index contributed by atoms with van der Waals surface area (Å²) < 4.78 is 0. The van der Waals surface area contributed by atoms with Gasteiger partial charge in [0.1, 0.15) is 0 Å². The fourth-order valence-corrected chi connectivity index (χ4v) is 6.06. The summed E-state index contributed by atoms with van der Waals surface area (Å²) in [5.41, 5.74) is 3.49. The molecular formula is C24H31BrN2O. The van der Waals surface area contributed by atoms with Gasteiger partial charge in [-0.3, -0.25) is 4.79 Å². The van der Waals surface area contributed by atoms with Crippen LogP contribution in [0.2, 0.25) is 0 Å². The van der Waals surface area contributed by atoms with Gasteiger partial charge in [-0.25, -0.2) is 0 Å². The molecule has 1 amide bonds. The van der Waals surface area contributed by atoms with Crippen LogP contribution in [0, 0.1) is 11.8 Å². The topological polar surface area (TPSA) is 23.6 Å². The molecule has 4 atom stereocenters. The highest BCUT2D eigenvalue weighted by atomic mass is 79.9. The molecule has 28 heavy (non-hydrogen) atoms. The van der Waals surface area contributed by atoms with E-state index in [1.54, 1.807) is 0 Å². The van der Waals surface area contributed by atoms with Crippen LogP contribution in [-0.2, 0) is 0 Å². The van der Waals surface area contributed by atoms with Gasteiger partial charge in [0.25, 0.3) is 5.91 Å². The summed E-state index contributed by atoms with van der Waals surface area (Å²) in [6.45, 7) is 7.75. The third kappa shape index (κ3) is 3.61. The normalized spacial score (nSPS) is 28.8. The number of alkyl halides is 1. The average Bonchev–Trinajstić information content (AvgIpc) is 3.09. The Labute approximate surface area is 177 Å². The first-order chi connectivity index (χ1) is 13.6. The number of benzene rings is 1. The highest BCUT2D eigenvalue weighted by molar-refractivity contribution is 9.09. The molecule has 3 nitrogen and oxygen atoms in total. The van der Waals surface area contributed by atoms with Gasteiger partial charge in [-0.2, -0.15) is 0 Å². The summed E-state index contributed by atoms with van der Waals surface area (Å²) in [4.78, 5) is 18.4. The van der Waals surface area contributed by atoms with Gasteiger partial charge in [0.2, 0.25) is 0 Å². The van der Waals surface area contributed by atoms with Gasteiger partial charge in [0, 0.05) is 34.6 Å². The third-order valence-electron chi connectivity index (χ3n) is 6.54. The van der Waals surface area contributed by atoms with Gasteiger partial charge in [-0.05, 0) is 68.5 Å². The van der Waals surface area contributed by atoms with Crippen molar-refractivity contribution < 1.29 is 4.79 Å². The molecule has 1 aromatic rings. The molecule has 1 heterocycles. The van der Waals surface area contributed by atoms with Gasteiger partial charge >= 0.3 is 0 Å². The summed E-state index contributed by atoms with van der Waals surface area (Å²) in [5, 5.41) is 0. The van der Waals surface area contributed by atoms with Crippen LogP contribution in [0.4, 0.5) is 0 Å². The highest BCUT2D eigenvalue weighted by Crippen LogP contribution is 2.49. The van der Waals surface area contributed by atoms with E-state index >= 15 is 0 Å². The number of carbonyl (C=O) groups excluding carboxylic acids is 1. The van der Waals surface area contributed by atoms with Crippen LogP contribution in [-0.4, -0.2) is 46.2 Å². The lowest BCUT2D eigenvalue weighted by Gasteiger charge is -2.43. The Bertz CT molecular complexity index is 766. The van der Waals surface area contributed by atoms with Crippen molar-refractivity contribution in [2.45, 2.75) is 50.4 Å². The molecule has 4 rings (SSSR count). The van der Waals surface area contributed by atoms with Crippen molar-refractivity contribution >= 4 is 21.8 Å². The van der Waals surface area contributed by atoms with Crippen LogP contribution in [0.25, 0.3) is 0 Å². The van der Waals surface area contributed by atoms with Gasteiger partial charge in [-0.15, -0.1) is 0 Å². The second-order valence-corrected chi connectivity index (χ2v) is 9.45. The maximum Gasteiger partial charge on any atom is 0.258 e. The Kier molecular flexibility index (Phi) is 6.07. The minimum absolute atomic E-state index is 0.143. The lowest BCUT2D eigenvalue weighted by molar-refractivity contribution is 0.0801. The van der Waals surface area contributed by atoms with E-state index in [0.717, 1.165) is 12.1 Å². The third-order valence-corrected chi connectivity index (χ3v) is 7.48. The predicted octanol–water partition coefficient (Wildman–Crippen LogP) is 5.25. The second-order valence-electron chi connectivity index (χ2n) is 8.39. The molecule has 1 fully saturated rings. The molecule has 0 bridgehead atoms. The molecule has 150 valence electrons. The lowest BCUT2D eigenvalue weighted by atomic mass is 9.71. The Morgan fingerprint density at radius 3 is 2.54 bits per heavy atom. The van der Waals surface area contributed by atoms with E-state index in [1.165, 1.54) is 50.0 Å². The second kappa shape index (κ2) is 8.54. The molecule has 4 unspecified atom stereocenters. The largest absolute Gasteiger partial charge is 0.308 e. The van der Waals surface area contributed by atoms with Crippen molar-refractivity contribution in [1.82, 2.24) is 9.80 Å². The van der Waals surface area contributed by atoms with Crippen molar-refractivity contribution in [1.29, 1.82) is 0 Å². The Hall–Kier alpha value is -1.39. The monoisotopic (exact) mass is 442 g/mol. The van der Waals surface area contributed by atoms with E-state index in [-0.39, 0.29) is 5.91 Å². The molecule has 0 spiro atoms. The van der Waals surface area contributed by atoms with Gasteiger partial charge in [0.05, 0.1) is 0 Å². The number of rotatable bonds is 6. The van der Waals surface area contributed by atoms with Crippen LogP contribution in [0.15, 0.2) is 53.8 Å². The molecular weight excluding hydrogens is 412 g/mol. The molecule has 1 aliphatic heterocycles. The maximum atomic E-state index is 13.2. The van der Waals surface area contributed by atoms with Crippen LogP contribution < -0.4 is 0 Å². The first-order valence-corrected chi connectivity index (χ1v) is 11.7. The minimum Gasteiger partial charge on any atom is -0.308 e. The van der Waals surface area contributed by atoms with Gasteiger partial charge in [0.15, 0.2) is 0 Å². The summed E-state index contributed by atoms with van der Waals surface area (Å²) in [6, 6.07) is 10.4. The van der Waals surface area contributed by atoms with E-state index in [4.69, 9.17) is 0 Å². The highest BCUT2D eigenvalue weighted by Gasteiger charge is 2.46.